The fourth-order valence-corrected chi connectivity index (χ4v) is 8.26. The van der Waals surface area contributed by atoms with Crippen LogP contribution in [0.25, 0.3) is 43.9 Å². The molecule has 0 aliphatic rings. The largest absolute Gasteiger partial charge is 0.252 e. The molecule has 5 aromatic carbocycles. The number of benzene rings is 5. The maximum Gasteiger partial charge on any atom is 0.138 e. The van der Waals surface area contributed by atoms with Crippen molar-refractivity contribution >= 4 is 45.6 Å². The Morgan fingerprint density at radius 3 is 1.94 bits per heavy atom. The van der Waals surface area contributed by atoms with Gasteiger partial charge in [0.05, 0.1) is 20.3 Å². The fourth-order valence-electron chi connectivity index (χ4n) is 6.55. The molecule has 0 aliphatic carbocycles. The molecular formula is C41H28ClFN4S2. The van der Waals surface area contributed by atoms with Crippen molar-refractivity contribution in [3.05, 3.63) is 180 Å². The number of rotatable bonds is 8. The minimum absolute atomic E-state index is 0.322. The minimum Gasteiger partial charge on any atom is -0.252 e. The highest BCUT2D eigenvalue weighted by atomic mass is 35.5. The molecule has 0 spiro atoms. The SMILES string of the molecule is CSc1ccc(-c2ncnc3ccc(-c4cn(C(c5ccccc5)(c5ccccc5)c5ccccc5)nc4-c4ccc(Cl)cc4F)cc23)s1. The van der Waals surface area contributed by atoms with E-state index in [1.54, 1.807) is 41.6 Å². The summed E-state index contributed by atoms with van der Waals surface area (Å²) in [7, 11) is 0. The summed E-state index contributed by atoms with van der Waals surface area (Å²) >= 11 is 9.66. The van der Waals surface area contributed by atoms with E-state index in [-0.39, 0.29) is 0 Å². The molecule has 3 aromatic heterocycles. The predicted molar refractivity (Wildman–Crippen MR) is 201 cm³/mol. The number of thioether (sulfide) groups is 1. The Labute approximate surface area is 296 Å². The Balaban J connectivity index is 1.44. The maximum absolute atomic E-state index is 15.9. The molecular weight excluding hydrogens is 667 g/mol. The summed E-state index contributed by atoms with van der Waals surface area (Å²) in [4.78, 5) is 10.4. The van der Waals surface area contributed by atoms with Crippen LogP contribution in [-0.2, 0) is 5.54 Å². The van der Waals surface area contributed by atoms with Gasteiger partial charge in [-0.05, 0) is 71.0 Å². The van der Waals surface area contributed by atoms with E-state index in [1.807, 2.05) is 77.6 Å². The predicted octanol–water partition coefficient (Wildman–Crippen LogP) is 11.2. The summed E-state index contributed by atoms with van der Waals surface area (Å²) < 4.78 is 19.1. The first-order valence-electron chi connectivity index (χ1n) is 15.7. The third kappa shape index (κ3) is 5.54. The first-order chi connectivity index (χ1) is 24.1. The van der Waals surface area contributed by atoms with E-state index < -0.39 is 11.4 Å². The van der Waals surface area contributed by atoms with Crippen LogP contribution in [0.4, 0.5) is 4.39 Å². The number of hydrogen-bond donors (Lipinski definition) is 0. The lowest BCUT2D eigenvalue weighted by Crippen LogP contribution is -2.38. The standard InChI is InChI=1S/C41H28ClFN4S2/c1-48-38-22-21-37(49-38)40-33-23-27(17-20-36(33)44-26-45-40)34-25-47(46-39(34)32-19-18-31(42)24-35(32)43)41(28-11-5-2-6-12-28,29-13-7-3-8-14-29)30-15-9-4-10-16-30/h2-26H,1H3. The third-order valence-corrected chi connectivity index (χ3v) is 11.2. The summed E-state index contributed by atoms with van der Waals surface area (Å²) in [6, 6.07) is 46.1. The zero-order chi connectivity index (χ0) is 33.4. The zero-order valence-electron chi connectivity index (χ0n) is 26.3. The molecule has 8 aromatic rings. The lowest BCUT2D eigenvalue weighted by atomic mass is 9.77. The van der Waals surface area contributed by atoms with Crippen LogP contribution in [0.1, 0.15) is 16.7 Å². The molecule has 0 bridgehead atoms. The molecule has 0 aliphatic heterocycles. The summed E-state index contributed by atoms with van der Waals surface area (Å²) in [6.45, 7) is 0. The topological polar surface area (TPSA) is 43.6 Å². The lowest BCUT2D eigenvalue weighted by Gasteiger charge is -2.36. The van der Waals surface area contributed by atoms with Crippen LogP contribution in [0.2, 0.25) is 5.02 Å². The van der Waals surface area contributed by atoms with E-state index in [0.29, 0.717) is 16.3 Å². The van der Waals surface area contributed by atoms with Gasteiger partial charge in [0, 0.05) is 27.7 Å². The average Bonchev–Trinajstić information content (AvgIpc) is 3.81. The van der Waals surface area contributed by atoms with Crippen LogP contribution in [0.5, 0.6) is 0 Å². The fraction of sp³-hybridized carbons (Fsp3) is 0.0488. The molecule has 8 rings (SSSR count). The molecule has 49 heavy (non-hydrogen) atoms. The minimum atomic E-state index is -0.893. The summed E-state index contributed by atoms with van der Waals surface area (Å²) in [6.07, 6.45) is 5.72. The monoisotopic (exact) mass is 694 g/mol. The van der Waals surface area contributed by atoms with Gasteiger partial charge in [0.25, 0.3) is 0 Å². The number of thiophene rings is 1. The highest BCUT2D eigenvalue weighted by Crippen LogP contribution is 2.44. The Hall–Kier alpha value is -5.08. The van der Waals surface area contributed by atoms with Gasteiger partial charge in [-0.15, -0.1) is 23.1 Å². The van der Waals surface area contributed by atoms with Gasteiger partial charge in [0.15, 0.2) is 0 Å². The van der Waals surface area contributed by atoms with Crippen molar-refractivity contribution in [3.8, 4) is 33.0 Å². The first-order valence-corrected chi connectivity index (χ1v) is 18.1. The molecule has 0 atom stereocenters. The van der Waals surface area contributed by atoms with Gasteiger partial charge >= 0.3 is 0 Å². The number of aromatic nitrogens is 4. The second-order valence-electron chi connectivity index (χ2n) is 11.5. The second-order valence-corrected chi connectivity index (χ2v) is 14.2. The van der Waals surface area contributed by atoms with Crippen molar-refractivity contribution in [1.29, 1.82) is 0 Å². The molecule has 0 radical (unpaired) electrons. The van der Waals surface area contributed by atoms with E-state index >= 15 is 4.39 Å². The van der Waals surface area contributed by atoms with Gasteiger partial charge in [0.1, 0.15) is 23.4 Å². The van der Waals surface area contributed by atoms with Gasteiger partial charge in [-0.25, -0.2) is 14.4 Å². The molecule has 0 unspecified atom stereocenters. The van der Waals surface area contributed by atoms with Crippen molar-refractivity contribution in [1.82, 2.24) is 19.7 Å². The highest BCUT2D eigenvalue weighted by molar-refractivity contribution is 8.00. The first kappa shape index (κ1) is 31.2. The Morgan fingerprint density at radius 1 is 0.694 bits per heavy atom. The number of halogens is 2. The van der Waals surface area contributed by atoms with E-state index in [2.05, 4.69) is 65.8 Å². The summed E-state index contributed by atoms with van der Waals surface area (Å²) in [5.41, 5.74) is 6.32. The quantitative estimate of drug-likeness (QED) is 0.117. The Kier molecular flexibility index (Phi) is 8.33. The van der Waals surface area contributed by atoms with Crippen LogP contribution in [-0.4, -0.2) is 26.0 Å². The van der Waals surface area contributed by atoms with Gasteiger partial charge < -0.3 is 0 Å². The normalized spacial score (nSPS) is 11.7. The molecule has 8 heteroatoms. The third-order valence-electron chi connectivity index (χ3n) is 8.78. The van der Waals surface area contributed by atoms with Gasteiger partial charge in [-0.2, -0.15) is 5.10 Å². The van der Waals surface area contributed by atoms with Crippen LogP contribution in [0, 0.1) is 5.82 Å². The number of nitrogens with zero attached hydrogens (tertiary/aromatic N) is 4. The molecule has 0 N–H and O–H groups in total. The van der Waals surface area contributed by atoms with Crippen LogP contribution in [0.15, 0.2) is 156 Å². The molecule has 238 valence electrons. The van der Waals surface area contributed by atoms with Crippen molar-refractivity contribution in [2.24, 2.45) is 0 Å². The second kappa shape index (κ2) is 13.1. The Morgan fingerprint density at radius 2 is 1.35 bits per heavy atom. The number of hydrogen-bond acceptors (Lipinski definition) is 5. The smallest absolute Gasteiger partial charge is 0.138 e. The molecule has 0 fully saturated rings. The van der Waals surface area contributed by atoms with E-state index in [4.69, 9.17) is 21.7 Å². The molecule has 3 heterocycles. The van der Waals surface area contributed by atoms with Crippen molar-refractivity contribution in [2.75, 3.05) is 6.26 Å². The van der Waals surface area contributed by atoms with E-state index in [1.165, 1.54) is 10.3 Å². The van der Waals surface area contributed by atoms with Gasteiger partial charge in [-0.3, -0.25) is 4.68 Å². The molecule has 0 saturated heterocycles. The zero-order valence-corrected chi connectivity index (χ0v) is 28.7. The Bertz CT molecular complexity index is 2310. The molecule has 0 amide bonds. The lowest BCUT2D eigenvalue weighted by molar-refractivity contribution is 0.461. The number of fused-ring (bicyclic) bond motifs is 1. The summed E-state index contributed by atoms with van der Waals surface area (Å²) in [5, 5.41) is 6.56. The van der Waals surface area contributed by atoms with Gasteiger partial charge in [-0.1, -0.05) is 109 Å². The van der Waals surface area contributed by atoms with E-state index in [9.17, 15) is 0 Å². The van der Waals surface area contributed by atoms with E-state index in [0.717, 1.165) is 49.3 Å². The summed E-state index contributed by atoms with van der Waals surface area (Å²) in [5.74, 6) is -0.447. The van der Waals surface area contributed by atoms with Crippen LogP contribution in [0.3, 0.4) is 0 Å². The van der Waals surface area contributed by atoms with Gasteiger partial charge in [0.2, 0.25) is 0 Å². The van der Waals surface area contributed by atoms with Crippen molar-refractivity contribution < 1.29 is 4.39 Å². The van der Waals surface area contributed by atoms with Crippen molar-refractivity contribution in [2.45, 2.75) is 9.75 Å². The molecule has 4 nitrogen and oxygen atoms in total. The maximum atomic E-state index is 15.9. The van der Waals surface area contributed by atoms with Crippen molar-refractivity contribution in [3.63, 3.8) is 0 Å². The average molecular weight is 695 g/mol. The van der Waals surface area contributed by atoms with Crippen LogP contribution < -0.4 is 0 Å². The molecule has 0 saturated carbocycles. The van der Waals surface area contributed by atoms with Crippen LogP contribution >= 0.6 is 34.7 Å². The highest BCUT2D eigenvalue weighted by Gasteiger charge is 2.40.